The third-order valence-electron chi connectivity index (χ3n) is 6.32. The van der Waals surface area contributed by atoms with E-state index in [0.29, 0.717) is 47.7 Å². The first-order chi connectivity index (χ1) is 17.8. The molecule has 0 fully saturated rings. The van der Waals surface area contributed by atoms with Crippen LogP contribution < -0.4 is 4.74 Å². The quantitative estimate of drug-likeness (QED) is 0.160. The van der Waals surface area contributed by atoms with Crippen LogP contribution in [0.4, 0.5) is 17.6 Å². The van der Waals surface area contributed by atoms with E-state index in [-0.39, 0.29) is 28.1 Å². The zero-order valence-electron chi connectivity index (χ0n) is 20.1. The van der Waals surface area contributed by atoms with E-state index in [1.54, 1.807) is 44.5 Å². The summed E-state index contributed by atoms with van der Waals surface area (Å²) in [6.45, 7) is 2.67. The zero-order chi connectivity index (χ0) is 26.4. The van der Waals surface area contributed by atoms with E-state index >= 15 is 4.39 Å². The summed E-state index contributed by atoms with van der Waals surface area (Å²) in [6.07, 6.45) is 1.56. The largest absolute Gasteiger partial charge is 0.496 e. The molecule has 0 aliphatic rings. The molecule has 0 spiro atoms. The van der Waals surface area contributed by atoms with E-state index in [1.165, 1.54) is 17.6 Å². The summed E-state index contributed by atoms with van der Waals surface area (Å²) < 4.78 is 70.9. The molecule has 0 aliphatic heterocycles. The van der Waals surface area contributed by atoms with Gasteiger partial charge in [0.05, 0.1) is 36.0 Å². The van der Waals surface area contributed by atoms with Crippen LogP contribution in [0.2, 0.25) is 0 Å². The number of aromatic nitrogens is 3. The van der Waals surface area contributed by atoms with Crippen LogP contribution in [0.1, 0.15) is 21.9 Å². The van der Waals surface area contributed by atoms with Crippen molar-refractivity contribution in [3.8, 4) is 16.9 Å². The van der Waals surface area contributed by atoms with Crippen molar-refractivity contribution in [2.75, 3.05) is 20.8 Å². The molecule has 0 bridgehead atoms. The molecule has 0 aliphatic carbocycles. The van der Waals surface area contributed by atoms with Crippen LogP contribution >= 0.6 is 0 Å². The highest BCUT2D eigenvalue weighted by Gasteiger charge is 2.24. The predicted molar refractivity (Wildman–Crippen MR) is 129 cm³/mol. The lowest BCUT2D eigenvalue weighted by molar-refractivity contribution is 0.103. The fraction of sp³-hybridized carbons (Fsp3) is 0.185. The van der Waals surface area contributed by atoms with E-state index in [1.807, 2.05) is 4.57 Å². The highest BCUT2D eigenvalue weighted by atomic mass is 19.2. The zero-order valence-corrected chi connectivity index (χ0v) is 20.1. The van der Waals surface area contributed by atoms with Gasteiger partial charge in [-0.25, -0.2) is 22.5 Å². The minimum Gasteiger partial charge on any atom is -0.496 e. The van der Waals surface area contributed by atoms with Crippen molar-refractivity contribution < 1.29 is 31.8 Å². The summed E-state index contributed by atoms with van der Waals surface area (Å²) in [5, 5.41) is 0. The van der Waals surface area contributed by atoms with Crippen molar-refractivity contribution in [2.45, 2.75) is 13.5 Å². The average molecular weight is 511 g/mol. The molecule has 0 atom stereocenters. The number of carbonyl (C=O) groups is 1. The van der Waals surface area contributed by atoms with Crippen molar-refractivity contribution in [3.63, 3.8) is 0 Å². The molecule has 0 N–H and O–H groups in total. The highest BCUT2D eigenvalue weighted by molar-refractivity contribution is 6.09. The van der Waals surface area contributed by atoms with E-state index in [9.17, 15) is 18.0 Å². The summed E-state index contributed by atoms with van der Waals surface area (Å²) in [6, 6.07) is 9.30. The van der Waals surface area contributed by atoms with Crippen molar-refractivity contribution in [1.82, 2.24) is 14.0 Å². The number of nitrogens with zero attached hydrogens (tertiary/aromatic N) is 3. The molecule has 2 aromatic carbocycles. The van der Waals surface area contributed by atoms with Crippen LogP contribution in [0.3, 0.4) is 0 Å². The van der Waals surface area contributed by atoms with Crippen LogP contribution in [-0.2, 0) is 11.3 Å². The number of ether oxygens (including phenoxy) is 2. The Balaban J connectivity index is 1.68. The number of halogens is 4. The third kappa shape index (κ3) is 3.93. The smallest absolute Gasteiger partial charge is 0.209 e. The van der Waals surface area contributed by atoms with Gasteiger partial charge in [-0.2, -0.15) is 0 Å². The predicted octanol–water partition coefficient (Wildman–Crippen LogP) is 5.71. The van der Waals surface area contributed by atoms with Gasteiger partial charge in [0.2, 0.25) is 5.78 Å². The number of hydrogen-bond acceptors (Lipinski definition) is 4. The van der Waals surface area contributed by atoms with Gasteiger partial charge in [0.25, 0.3) is 0 Å². The molecule has 0 radical (unpaired) electrons. The van der Waals surface area contributed by atoms with E-state index < -0.39 is 29.1 Å². The van der Waals surface area contributed by atoms with Gasteiger partial charge in [-0.15, -0.1) is 0 Å². The first-order valence-corrected chi connectivity index (χ1v) is 11.3. The molecule has 0 saturated carbocycles. The summed E-state index contributed by atoms with van der Waals surface area (Å²) in [5.74, 6) is -5.05. The van der Waals surface area contributed by atoms with Crippen LogP contribution in [0.15, 0.2) is 48.7 Å². The number of pyridine rings is 1. The van der Waals surface area contributed by atoms with Gasteiger partial charge in [0.15, 0.2) is 23.3 Å². The molecule has 10 heteroatoms. The average Bonchev–Trinajstić information content (AvgIpc) is 3.46. The lowest BCUT2D eigenvalue weighted by atomic mass is 10.0. The fourth-order valence-corrected chi connectivity index (χ4v) is 4.56. The second-order valence-electron chi connectivity index (χ2n) is 8.42. The topological polar surface area (TPSA) is 57.8 Å². The maximum Gasteiger partial charge on any atom is 0.209 e. The number of benzene rings is 2. The van der Waals surface area contributed by atoms with E-state index in [2.05, 4.69) is 4.98 Å². The molecular formula is C27H21F4N3O3. The molecule has 5 rings (SSSR count). The number of carbonyl (C=O) groups excluding carboxylic acids is 1. The third-order valence-corrected chi connectivity index (χ3v) is 6.32. The van der Waals surface area contributed by atoms with Crippen molar-refractivity contribution in [1.29, 1.82) is 0 Å². The number of ketones is 1. The lowest BCUT2D eigenvalue weighted by Gasteiger charge is -2.14. The van der Waals surface area contributed by atoms with Crippen LogP contribution in [0.25, 0.3) is 27.7 Å². The van der Waals surface area contributed by atoms with Gasteiger partial charge in [-0.1, -0.05) is 6.07 Å². The Hall–Kier alpha value is -4.18. The maximum absolute atomic E-state index is 16.0. The Morgan fingerprint density at radius 1 is 0.973 bits per heavy atom. The maximum atomic E-state index is 16.0. The summed E-state index contributed by atoms with van der Waals surface area (Å²) in [5.41, 5.74) is 1.41. The monoisotopic (exact) mass is 511 g/mol. The molecule has 190 valence electrons. The van der Waals surface area contributed by atoms with Gasteiger partial charge in [-0.05, 0) is 37.3 Å². The molecule has 5 aromatic rings. The summed E-state index contributed by atoms with van der Waals surface area (Å²) in [7, 11) is 3.01. The van der Waals surface area contributed by atoms with E-state index in [4.69, 9.17) is 9.47 Å². The first kappa shape index (κ1) is 24.5. The molecular weight excluding hydrogens is 490 g/mol. The Morgan fingerprint density at radius 2 is 1.70 bits per heavy atom. The fourth-order valence-electron chi connectivity index (χ4n) is 4.56. The number of imidazole rings is 1. The van der Waals surface area contributed by atoms with Crippen LogP contribution in [0.5, 0.6) is 5.75 Å². The molecule has 0 amide bonds. The number of aryl methyl sites for hydroxylation is 1. The summed E-state index contributed by atoms with van der Waals surface area (Å²) in [4.78, 5) is 17.5. The van der Waals surface area contributed by atoms with Crippen molar-refractivity contribution in [3.05, 3.63) is 89.0 Å². The highest BCUT2D eigenvalue weighted by Crippen LogP contribution is 2.40. The number of hydrogen-bond donors (Lipinski definition) is 0. The molecule has 3 aromatic heterocycles. The normalized spacial score (nSPS) is 11.5. The molecule has 6 nitrogen and oxygen atoms in total. The second kappa shape index (κ2) is 9.36. The number of rotatable bonds is 7. The van der Waals surface area contributed by atoms with Crippen LogP contribution in [0, 0.1) is 30.2 Å². The standard InChI is InChI=1S/C27H21F4N3O3/c1-14-32-26-21(33(14)9-10-36-2)13-22(37-3)23(25(26)31)16-5-4-8-34-19(16)6-7-20(34)27(35)15-11-17(28)24(30)18(29)12-15/h4-8,11-13H,9-10H2,1-3H3. The lowest BCUT2D eigenvalue weighted by Crippen LogP contribution is -2.08. The van der Waals surface area contributed by atoms with Gasteiger partial charge >= 0.3 is 0 Å². The van der Waals surface area contributed by atoms with Gasteiger partial charge in [-0.3, -0.25) is 4.79 Å². The van der Waals surface area contributed by atoms with Crippen LogP contribution in [-0.4, -0.2) is 40.6 Å². The molecule has 0 unspecified atom stereocenters. The molecule has 37 heavy (non-hydrogen) atoms. The Kier molecular flexibility index (Phi) is 6.20. The first-order valence-electron chi connectivity index (χ1n) is 11.3. The van der Waals surface area contributed by atoms with Gasteiger partial charge < -0.3 is 18.4 Å². The minimum atomic E-state index is -1.66. The number of fused-ring (bicyclic) bond motifs is 2. The van der Waals surface area contributed by atoms with Crippen molar-refractivity contribution >= 4 is 22.3 Å². The Bertz CT molecular complexity index is 1670. The number of methoxy groups -OCH3 is 2. The summed E-state index contributed by atoms with van der Waals surface area (Å²) >= 11 is 0. The van der Waals surface area contributed by atoms with Gasteiger partial charge in [0, 0.05) is 37.0 Å². The Morgan fingerprint density at radius 3 is 2.38 bits per heavy atom. The SMILES string of the molecule is COCCn1c(C)nc2c(F)c(-c3cccn4c(C(=O)c5cc(F)c(F)c(F)c5)ccc34)c(OC)cc21. The molecule has 3 heterocycles. The molecule has 0 saturated heterocycles. The minimum absolute atomic E-state index is 0.0578. The Labute approximate surface area is 208 Å². The van der Waals surface area contributed by atoms with Gasteiger partial charge in [0.1, 0.15) is 17.1 Å². The van der Waals surface area contributed by atoms with E-state index in [0.717, 1.165) is 0 Å². The second-order valence-corrected chi connectivity index (χ2v) is 8.42. The van der Waals surface area contributed by atoms with Crippen molar-refractivity contribution in [2.24, 2.45) is 0 Å².